The smallest absolute Gasteiger partial charge is 0.0415 e. The molecule has 0 aliphatic heterocycles. The SMILES string of the molecule is C=Cc1ccccc1C(N)(CCCCCCCCCCCC)CCCCCCCCCCCC. The summed E-state index contributed by atoms with van der Waals surface area (Å²) >= 11 is 0. The number of hydrogen-bond donors (Lipinski definition) is 1. The predicted molar refractivity (Wildman–Crippen MR) is 155 cm³/mol. The maximum atomic E-state index is 7.17. The molecule has 0 atom stereocenters. The van der Waals surface area contributed by atoms with Gasteiger partial charge in [0.2, 0.25) is 0 Å². The monoisotopic (exact) mass is 469 g/mol. The first-order valence-electron chi connectivity index (χ1n) is 15.2. The average molecular weight is 470 g/mol. The van der Waals surface area contributed by atoms with Gasteiger partial charge in [-0.25, -0.2) is 0 Å². The number of rotatable bonds is 24. The zero-order chi connectivity index (χ0) is 24.7. The quantitative estimate of drug-likeness (QED) is 0.150. The minimum Gasteiger partial charge on any atom is -0.321 e. The molecule has 1 heteroatoms. The van der Waals surface area contributed by atoms with Crippen molar-refractivity contribution in [2.45, 2.75) is 161 Å². The summed E-state index contributed by atoms with van der Waals surface area (Å²) in [6.45, 7) is 8.65. The largest absolute Gasteiger partial charge is 0.321 e. The van der Waals surface area contributed by atoms with E-state index in [1.807, 2.05) is 6.08 Å². The van der Waals surface area contributed by atoms with Gasteiger partial charge in [0.1, 0.15) is 0 Å². The standard InChI is InChI=1S/C33H59N/c1-4-7-9-11-13-15-17-19-21-25-29-33(34,32-28-24-23-27-31(32)6-3)30-26-22-20-18-16-14-12-10-8-5-2/h6,23-24,27-28H,3-5,7-22,25-26,29-30,34H2,1-2H3. The van der Waals surface area contributed by atoms with Crippen LogP contribution in [0.15, 0.2) is 30.8 Å². The molecule has 0 fully saturated rings. The maximum absolute atomic E-state index is 7.17. The van der Waals surface area contributed by atoms with E-state index < -0.39 is 0 Å². The van der Waals surface area contributed by atoms with Crippen molar-refractivity contribution in [3.05, 3.63) is 42.0 Å². The van der Waals surface area contributed by atoms with Gasteiger partial charge >= 0.3 is 0 Å². The number of hydrogen-bond acceptors (Lipinski definition) is 1. The third-order valence-electron chi connectivity index (χ3n) is 7.67. The molecule has 0 aliphatic carbocycles. The van der Waals surface area contributed by atoms with Gasteiger partial charge < -0.3 is 5.73 Å². The van der Waals surface area contributed by atoms with Crippen molar-refractivity contribution >= 4 is 6.08 Å². The van der Waals surface area contributed by atoms with Crippen molar-refractivity contribution in [2.75, 3.05) is 0 Å². The van der Waals surface area contributed by atoms with Gasteiger partial charge in [0.05, 0.1) is 0 Å². The van der Waals surface area contributed by atoms with E-state index in [0.29, 0.717) is 0 Å². The van der Waals surface area contributed by atoms with E-state index in [-0.39, 0.29) is 5.54 Å². The molecule has 34 heavy (non-hydrogen) atoms. The zero-order valence-electron chi connectivity index (χ0n) is 23.2. The molecule has 0 bridgehead atoms. The summed E-state index contributed by atoms with van der Waals surface area (Å²) in [5.41, 5.74) is 9.51. The summed E-state index contributed by atoms with van der Waals surface area (Å²) in [7, 11) is 0. The van der Waals surface area contributed by atoms with Crippen LogP contribution in [0.25, 0.3) is 6.08 Å². The topological polar surface area (TPSA) is 26.0 Å². The molecule has 1 aromatic rings. The average Bonchev–Trinajstić information content (AvgIpc) is 2.86. The first-order valence-corrected chi connectivity index (χ1v) is 15.2. The lowest BCUT2D eigenvalue weighted by Gasteiger charge is -2.32. The van der Waals surface area contributed by atoms with E-state index in [2.05, 4.69) is 44.7 Å². The highest BCUT2D eigenvalue weighted by Gasteiger charge is 2.28. The Labute approximate surface area is 214 Å². The van der Waals surface area contributed by atoms with Crippen molar-refractivity contribution in [1.29, 1.82) is 0 Å². The normalized spacial score (nSPS) is 11.7. The molecule has 1 aromatic carbocycles. The van der Waals surface area contributed by atoms with Crippen LogP contribution < -0.4 is 5.73 Å². The number of benzene rings is 1. The first-order chi connectivity index (χ1) is 16.7. The van der Waals surface area contributed by atoms with Crippen LogP contribution in [0.1, 0.15) is 166 Å². The highest BCUT2D eigenvalue weighted by molar-refractivity contribution is 5.54. The Morgan fingerprint density at radius 2 is 0.941 bits per heavy atom. The van der Waals surface area contributed by atoms with E-state index in [1.54, 1.807) is 0 Å². The van der Waals surface area contributed by atoms with Crippen molar-refractivity contribution in [1.82, 2.24) is 0 Å². The Balaban J connectivity index is 2.37. The minimum atomic E-state index is -0.203. The summed E-state index contributed by atoms with van der Waals surface area (Å²) < 4.78 is 0. The fourth-order valence-corrected chi connectivity index (χ4v) is 5.38. The molecule has 2 N–H and O–H groups in total. The van der Waals surface area contributed by atoms with Crippen LogP contribution in [-0.2, 0) is 5.54 Å². The maximum Gasteiger partial charge on any atom is 0.0415 e. The molecule has 0 saturated carbocycles. The van der Waals surface area contributed by atoms with E-state index >= 15 is 0 Å². The molecular weight excluding hydrogens is 410 g/mol. The zero-order valence-corrected chi connectivity index (χ0v) is 23.2. The molecule has 0 aliphatic rings. The van der Waals surface area contributed by atoms with Crippen LogP contribution in [0.2, 0.25) is 0 Å². The molecule has 0 heterocycles. The summed E-state index contributed by atoms with van der Waals surface area (Å²) in [4.78, 5) is 0. The third kappa shape index (κ3) is 14.3. The second-order valence-corrected chi connectivity index (χ2v) is 10.8. The summed E-state index contributed by atoms with van der Waals surface area (Å²) in [6.07, 6.45) is 31.7. The Morgan fingerprint density at radius 1 is 0.588 bits per heavy atom. The Morgan fingerprint density at radius 3 is 1.32 bits per heavy atom. The van der Waals surface area contributed by atoms with Crippen molar-refractivity contribution in [3.8, 4) is 0 Å². The molecule has 0 unspecified atom stereocenters. The molecule has 0 radical (unpaired) electrons. The highest BCUT2D eigenvalue weighted by Crippen LogP contribution is 2.33. The van der Waals surface area contributed by atoms with Gasteiger partial charge in [0.25, 0.3) is 0 Å². The first kappa shape index (κ1) is 31.0. The van der Waals surface area contributed by atoms with Gasteiger partial charge in [-0.15, -0.1) is 0 Å². The van der Waals surface area contributed by atoms with E-state index in [9.17, 15) is 0 Å². The lowest BCUT2D eigenvalue weighted by molar-refractivity contribution is 0.342. The van der Waals surface area contributed by atoms with Gasteiger partial charge in [0.15, 0.2) is 0 Å². The fourth-order valence-electron chi connectivity index (χ4n) is 5.38. The van der Waals surface area contributed by atoms with Crippen LogP contribution in [0, 0.1) is 0 Å². The molecule has 196 valence electrons. The highest BCUT2D eigenvalue weighted by atomic mass is 14.7. The Hall–Kier alpha value is -1.08. The second-order valence-electron chi connectivity index (χ2n) is 10.8. The lowest BCUT2D eigenvalue weighted by Crippen LogP contribution is -2.37. The lowest BCUT2D eigenvalue weighted by atomic mass is 9.79. The van der Waals surface area contributed by atoms with Crippen LogP contribution in [0.3, 0.4) is 0 Å². The van der Waals surface area contributed by atoms with Gasteiger partial charge in [-0.05, 0) is 24.0 Å². The molecule has 0 saturated heterocycles. The second kappa shape index (κ2) is 21.2. The third-order valence-corrected chi connectivity index (χ3v) is 7.67. The molecule has 0 amide bonds. The molecule has 1 rings (SSSR count). The molecule has 1 nitrogen and oxygen atoms in total. The summed E-state index contributed by atoms with van der Waals surface area (Å²) in [5.74, 6) is 0. The van der Waals surface area contributed by atoms with Gasteiger partial charge in [-0.1, -0.05) is 179 Å². The van der Waals surface area contributed by atoms with Gasteiger partial charge in [-0.2, -0.15) is 0 Å². The molecular formula is C33H59N. The fraction of sp³-hybridized carbons (Fsp3) is 0.758. The number of nitrogens with two attached hydrogens (primary N) is 1. The Bertz CT molecular complexity index is 566. The van der Waals surface area contributed by atoms with Crippen molar-refractivity contribution in [2.24, 2.45) is 5.73 Å². The van der Waals surface area contributed by atoms with E-state index in [4.69, 9.17) is 5.73 Å². The van der Waals surface area contributed by atoms with Crippen LogP contribution in [0.5, 0.6) is 0 Å². The van der Waals surface area contributed by atoms with E-state index in [1.165, 1.54) is 140 Å². The molecule has 0 aromatic heterocycles. The van der Waals surface area contributed by atoms with Crippen LogP contribution in [0.4, 0.5) is 0 Å². The van der Waals surface area contributed by atoms with Gasteiger partial charge in [-0.3, -0.25) is 0 Å². The predicted octanol–water partition coefficient (Wildman–Crippen LogP) is 11.1. The Kier molecular flexibility index (Phi) is 19.3. The van der Waals surface area contributed by atoms with Crippen LogP contribution >= 0.6 is 0 Å². The molecule has 0 spiro atoms. The summed E-state index contributed by atoms with van der Waals surface area (Å²) in [6, 6.07) is 8.70. The minimum absolute atomic E-state index is 0.203. The van der Waals surface area contributed by atoms with Crippen molar-refractivity contribution < 1.29 is 0 Å². The number of unbranched alkanes of at least 4 members (excludes halogenated alkanes) is 18. The van der Waals surface area contributed by atoms with E-state index in [0.717, 1.165) is 12.8 Å². The van der Waals surface area contributed by atoms with Crippen LogP contribution in [-0.4, -0.2) is 0 Å². The summed E-state index contributed by atoms with van der Waals surface area (Å²) in [5, 5.41) is 0. The van der Waals surface area contributed by atoms with Crippen molar-refractivity contribution in [3.63, 3.8) is 0 Å². The van der Waals surface area contributed by atoms with Gasteiger partial charge in [0, 0.05) is 5.54 Å².